The van der Waals surface area contributed by atoms with E-state index >= 15 is 0 Å². The summed E-state index contributed by atoms with van der Waals surface area (Å²) in [5, 5.41) is 5.01. The summed E-state index contributed by atoms with van der Waals surface area (Å²) < 4.78 is 8.75. The Hall–Kier alpha value is -5.09. The average Bonchev–Trinajstić information content (AvgIpc) is 3.64. The van der Waals surface area contributed by atoms with Crippen molar-refractivity contribution in [3.63, 3.8) is 0 Å². The Labute approximate surface area is 219 Å². The number of aromatic nitrogens is 4. The van der Waals surface area contributed by atoms with E-state index in [4.69, 9.17) is 0 Å². The first-order valence-corrected chi connectivity index (χ1v) is 12.9. The second-order valence-corrected chi connectivity index (χ2v) is 9.82. The molecule has 4 heteroatoms. The minimum absolute atomic E-state index is 1.08. The molecule has 0 bridgehead atoms. The Morgan fingerprint density at radius 2 is 1.03 bits per heavy atom. The van der Waals surface area contributed by atoms with E-state index in [0.717, 1.165) is 17.1 Å². The van der Waals surface area contributed by atoms with Crippen LogP contribution < -0.4 is 4.57 Å². The van der Waals surface area contributed by atoms with Crippen LogP contribution in [-0.4, -0.2) is 13.7 Å². The topological polar surface area (TPSA) is 18.7 Å². The molecular formula is C34H24N4. The van der Waals surface area contributed by atoms with Crippen molar-refractivity contribution in [1.29, 1.82) is 0 Å². The zero-order valence-corrected chi connectivity index (χ0v) is 20.9. The zero-order chi connectivity index (χ0) is 25.2. The Balaban J connectivity index is 1.46. The molecule has 180 valence electrons. The van der Waals surface area contributed by atoms with Crippen molar-refractivity contribution in [1.82, 2.24) is 13.7 Å². The lowest BCUT2D eigenvalue weighted by molar-refractivity contribution is -0.674. The van der Waals surface area contributed by atoms with Crippen LogP contribution in [0.5, 0.6) is 0 Å². The number of hydrogen-bond donors (Lipinski definition) is 0. The van der Waals surface area contributed by atoms with Gasteiger partial charge in [-0.2, -0.15) is 0 Å². The molecule has 0 aliphatic rings. The van der Waals surface area contributed by atoms with Gasteiger partial charge in [-0.15, -0.1) is 0 Å². The standard InChI is InChI=1S/C34H24N4/c1-35-19-20-36(23-35)25-15-17-29-28-12-6-8-14-32(28)38(33(29)21-25)26-16-18-30-27-11-5-7-13-31(27)37(34(30)22-26)24-9-3-2-4-10-24/h2-22H,1H3. The molecule has 3 heterocycles. The third kappa shape index (κ3) is 3.01. The number of benzene rings is 5. The molecule has 8 rings (SSSR count). The van der Waals surface area contributed by atoms with E-state index in [0.29, 0.717) is 0 Å². The summed E-state index contributed by atoms with van der Waals surface area (Å²) in [6.07, 6.45) is 7.39. The Morgan fingerprint density at radius 1 is 0.500 bits per heavy atom. The first-order valence-electron chi connectivity index (χ1n) is 12.9. The highest BCUT2D eigenvalue weighted by atomic mass is 15.1. The molecule has 0 amide bonds. The molecule has 0 aliphatic heterocycles. The summed E-state index contributed by atoms with van der Waals surface area (Å²) in [6.45, 7) is 0. The summed E-state index contributed by atoms with van der Waals surface area (Å²) in [4.78, 5) is 0. The second kappa shape index (κ2) is 7.95. The molecule has 38 heavy (non-hydrogen) atoms. The number of para-hydroxylation sites is 3. The van der Waals surface area contributed by atoms with Gasteiger partial charge in [-0.3, -0.25) is 0 Å². The second-order valence-electron chi connectivity index (χ2n) is 9.82. The maximum atomic E-state index is 3.34. The van der Waals surface area contributed by atoms with Crippen LogP contribution in [0.3, 0.4) is 0 Å². The average molecular weight is 489 g/mol. The van der Waals surface area contributed by atoms with Gasteiger partial charge in [-0.1, -0.05) is 72.8 Å². The van der Waals surface area contributed by atoms with E-state index < -0.39 is 0 Å². The summed E-state index contributed by atoms with van der Waals surface area (Å²) in [7, 11) is 1.99. The monoisotopic (exact) mass is 488 g/mol. The van der Waals surface area contributed by atoms with E-state index in [1.807, 2.05) is 28.6 Å². The molecule has 4 nitrogen and oxygen atoms in total. The number of aryl methyl sites for hydroxylation is 1. The summed E-state index contributed by atoms with van der Waals surface area (Å²) >= 11 is 0. The fourth-order valence-electron chi connectivity index (χ4n) is 5.89. The molecule has 8 aromatic rings. The lowest BCUT2D eigenvalue weighted by Crippen LogP contribution is -2.24. The lowest BCUT2D eigenvalue weighted by Gasteiger charge is -2.12. The van der Waals surface area contributed by atoms with Crippen molar-refractivity contribution < 1.29 is 4.57 Å². The fourth-order valence-corrected chi connectivity index (χ4v) is 5.89. The van der Waals surface area contributed by atoms with Crippen LogP contribution in [0, 0.1) is 6.33 Å². The molecule has 0 unspecified atom stereocenters. The minimum atomic E-state index is 1.08. The summed E-state index contributed by atoms with van der Waals surface area (Å²) in [5.41, 5.74) is 8.17. The highest BCUT2D eigenvalue weighted by molar-refractivity contribution is 6.12. The van der Waals surface area contributed by atoms with Gasteiger partial charge in [0.05, 0.1) is 29.3 Å². The zero-order valence-electron chi connectivity index (χ0n) is 20.9. The first kappa shape index (κ1) is 21.0. The van der Waals surface area contributed by atoms with Gasteiger partial charge in [0.2, 0.25) is 6.33 Å². The predicted molar refractivity (Wildman–Crippen MR) is 154 cm³/mol. The van der Waals surface area contributed by atoms with Crippen LogP contribution >= 0.6 is 0 Å². The molecule has 0 spiro atoms. The number of nitrogens with zero attached hydrogens (tertiary/aromatic N) is 4. The van der Waals surface area contributed by atoms with Gasteiger partial charge >= 0.3 is 0 Å². The number of fused-ring (bicyclic) bond motifs is 6. The van der Waals surface area contributed by atoms with Crippen LogP contribution in [0.15, 0.2) is 128 Å². The van der Waals surface area contributed by atoms with Gasteiger partial charge < -0.3 is 18.3 Å². The molecule has 0 aliphatic carbocycles. The fraction of sp³-hybridized carbons (Fsp3) is 0.0294. The number of imidazole rings is 1. The number of hydrogen-bond acceptors (Lipinski definition) is 0. The van der Waals surface area contributed by atoms with E-state index in [-0.39, 0.29) is 0 Å². The quantitative estimate of drug-likeness (QED) is 0.184. The van der Waals surface area contributed by atoms with Gasteiger partial charge in [0.1, 0.15) is 0 Å². The number of rotatable bonds is 3. The highest BCUT2D eigenvalue weighted by Gasteiger charge is 2.16. The summed E-state index contributed by atoms with van der Waals surface area (Å²) in [5.74, 6) is 0. The SMILES string of the molecule is C[n+]1[c-]n(-c2ccc3c4ccccc4n(-c4ccc5c6ccccc6n(-c6ccccc6)c5c4)c3c2)cc1. The van der Waals surface area contributed by atoms with Gasteiger partial charge in [0, 0.05) is 50.8 Å². The van der Waals surface area contributed by atoms with Crippen molar-refractivity contribution in [3.8, 4) is 17.1 Å². The predicted octanol–water partition coefficient (Wildman–Crippen LogP) is 7.30. The maximum absolute atomic E-state index is 3.34. The first-order chi connectivity index (χ1) is 18.8. The summed E-state index contributed by atoms with van der Waals surface area (Å²) in [6, 6.07) is 41.5. The molecule has 0 atom stereocenters. The molecular weight excluding hydrogens is 464 g/mol. The van der Waals surface area contributed by atoms with Gasteiger partial charge in [-0.25, -0.2) is 0 Å². The van der Waals surface area contributed by atoms with Crippen LogP contribution in [0.2, 0.25) is 0 Å². The minimum Gasteiger partial charge on any atom is -0.326 e. The van der Waals surface area contributed by atoms with Gasteiger partial charge in [0.25, 0.3) is 0 Å². The van der Waals surface area contributed by atoms with Gasteiger partial charge in [-0.05, 0) is 42.5 Å². The Bertz CT molecular complexity index is 2140. The highest BCUT2D eigenvalue weighted by Crippen LogP contribution is 2.37. The third-order valence-electron chi connectivity index (χ3n) is 7.57. The molecule has 3 aromatic heterocycles. The molecule has 0 saturated carbocycles. The third-order valence-corrected chi connectivity index (χ3v) is 7.57. The molecule has 0 radical (unpaired) electrons. The largest absolute Gasteiger partial charge is 0.326 e. The van der Waals surface area contributed by atoms with Crippen LogP contribution in [0.25, 0.3) is 60.7 Å². The van der Waals surface area contributed by atoms with Crippen molar-refractivity contribution in [2.45, 2.75) is 0 Å². The smallest absolute Gasteiger partial charge is 0.243 e. The molecule has 0 fully saturated rings. The lowest BCUT2D eigenvalue weighted by atomic mass is 10.1. The van der Waals surface area contributed by atoms with E-state index in [9.17, 15) is 0 Å². The normalized spacial score (nSPS) is 11.8. The van der Waals surface area contributed by atoms with Crippen molar-refractivity contribution >= 4 is 43.6 Å². The van der Waals surface area contributed by atoms with Crippen molar-refractivity contribution in [2.75, 3.05) is 0 Å². The van der Waals surface area contributed by atoms with Gasteiger partial charge in [0.15, 0.2) is 0 Å². The van der Waals surface area contributed by atoms with E-state index in [1.165, 1.54) is 43.6 Å². The van der Waals surface area contributed by atoms with Crippen molar-refractivity contribution in [3.05, 3.63) is 134 Å². The Morgan fingerprint density at radius 3 is 1.66 bits per heavy atom. The molecule has 0 saturated heterocycles. The molecule has 0 N–H and O–H groups in total. The Kier molecular flexibility index (Phi) is 4.40. The maximum Gasteiger partial charge on any atom is 0.243 e. The molecule has 5 aromatic carbocycles. The van der Waals surface area contributed by atoms with E-state index in [2.05, 4.69) is 131 Å². The van der Waals surface area contributed by atoms with E-state index in [1.54, 1.807) is 0 Å². The van der Waals surface area contributed by atoms with Crippen molar-refractivity contribution in [2.24, 2.45) is 7.05 Å². The van der Waals surface area contributed by atoms with Crippen LogP contribution in [-0.2, 0) is 7.05 Å². The van der Waals surface area contributed by atoms with Crippen LogP contribution in [0.4, 0.5) is 0 Å². The van der Waals surface area contributed by atoms with Crippen LogP contribution in [0.1, 0.15) is 0 Å².